The highest BCUT2D eigenvalue weighted by atomic mass is 19.1. The zero-order valence-electron chi connectivity index (χ0n) is 12.3. The summed E-state index contributed by atoms with van der Waals surface area (Å²) in [4.78, 5) is 15.8. The van der Waals surface area contributed by atoms with Gasteiger partial charge in [-0.25, -0.2) is 4.39 Å². The number of likely N-dealkylation sites (tertiary alicyclic amines) is 1. The standard InChI is InChI=1S/C15H21FN2O3/c1-17(2)9-15(21)6-3-7-18(10-15)14(20)12-5-4-11(16)8-13(12)19/h4-5,8,19,21H,3,6-7,9-10H2,1-2H3. The van der Waals surface area contributed by atoms with Gasteiger partial charge in [0.25, 0.3) is 5.91 Å². The van der Waals surface area contributed by atoms with Gasteiger partial charge < -0.3 is 20.0 Å². The second kappa shape index (κ2) is 5.99. The van der Waals surface area contributed by atoms with E-state index >= 15 is 0 Å². The van der Waals surface area contributed by atoms with Gasteiger partial charge in [-0.2, -0.15) is 0 Å². The van der Waals surface area contributed by atoms with Crippen molar-refractivity contribution in [1.82, 2.24) is 9.80 Å². The van der Waals surface area contributed by atoms with Gasteiger partial charge >= 0.3 is 0 Å². The Balaban J connectivity index is 2.15. The Kier molecular flexibility index (Phi) is 4.49. The second-order valence-corrected chi connectivity index (χ2v) is 5.95. The van der Waals surface area contributed by atoms with Crippen molar-refractivity contribution in [3.63, 3.8) is 0 Å². The number of piperidine rings is 1. The summed E-state index contributed by atoms with van der Waals surface area (Å²) in [7, 11) is 3.73. The first-order chi connectivity index (χ1) is 9.81. The molecule has 1 unspecified atom stereocenters. The van der Waals surface area contributed by atoms with E-state index in [1.807, 2.05) is 19.0 Å². The van der Waals surface area contributed by atoms with E-state index in [0.717, 1.165) is 12.1 Å². The third-order valence-electron chi connectivity index (χ3n) is 3.64. The zero-order valence-corrected chi connectivity index (χ0v) is 12.3. The largest absolute Gasteiger partial charge is 0.507 e. The fourth-order valence-electron chi connectivity index (χ4n) is 2.86. The van der Waals surface area contributed by atoms with Crippen molar-refractivity contribution in [3.05, 3.63) is 29.6 Å². The van der Waals surface area contributed by atoms with E-state index in [9.17, 15) is 19.4 Å². The third-order valence-corrected chi connectivity index (χ3v) is 3.64. The third kappa shape index (κ3) is 3.71. The molecule has 2 rings (SSSR count). The number of rotatable bonds is 3. The average Bonchev–Trinajstić information content (AvgIpc) is 2.36. The van der Waals surface area contributed by atoms with Crippen molar-refractivity contribution in [2.75, 3.05) is 33.7 Å². The highest BCUT2D eigenvalue weighted by molar-refractivity contribution is 5.96. The van der Waals surface area contributed by atoms with Crippen LogP contribution in [0, 0.1) is 5.82 Å². The number of carbonyl (C=O) groups is 1. The normalized spacial score (nSPS) is 22.6. The summed E-state index contributed by atoms with van der Waals surface area (Å²) in [5.41, 5.74) is -0.891. The van der Waals surface area contributed by atoms with E-state index in [2.05, 4.69) is 0 Å². The van der Waals surface area contributed by atoms with Crippen LogP contribution in [0.1, 0.15) is 23.2 Å². The first-order valence-corrected chi connectivity index (χ1v) is 6.96. The number of hydrogen-bond acceptors (Lipinski definition) is 4. The summed E-state index contributed by atoms with van der Waals surface area (Å²) in [6.45, 7) is 1.19. The molecule has 0 spiro atoms. The number of phenols is 1. The minimum Gasteiger partial charge on any atom is -0.507 e. The molecule has 116 valence electrons. The van der Waals surface area contributed by atoms with Gasteiger partial charge in [-0.1, -0.05) is 0 Å². The zero-order chi connectivity index (χ0) is 15.6. The van der Waals surface area contributed by atoms with Gasteiger partial charge in [0.05, 0.1) is 17.7 Å². The molecule has 0 bridgehead atoms. The van der Waals surface area contributed by atoms with Crippen LogP contribution in [-0.2, 0) is 0 Å². The summed E-state index contributed by atoms with van der Waals surface area (Å²) < 4.78 is 13.0. The number of amides is 1. The highest BCUT2D eigenvalue weighted by Crippen LogP contribution is 2.26. The molecule has 1 amide bonds. The maximum absolute atomic E-state index is 13.0. The topological polar surface area (TPSA) is 64.0 Å². The van der Waals surface area contributed by atoms with Gasteiger partial charge in [0.15, 0.2) is 0 Å². The van der Waals surface area contributed by atoms with Crippen molar-refractivity contribution in [1.29, 1.82) is 0 Å². The predicted octanol–water partition coefficient (Wildman–Crippen LogP) is 1.06. The number of β-amino-alcohol motifs (C(OH)–C–C–N with tert-alkyl or cyclic N) is 1. The molecule has 1 fully saturated rings. The van der Waals surface area contributed by atoms with Gasteiger partial charge in [-0.15, -0.1) is 0 Å². The molecule has 5 nitrogen and oxygen atoms in total. The van der Waals surface area contributed by atoms with Crippen LogP contribution in [0.15, 0.2) is 18.2 Å². The molecule has 1 aromatic carbocycles. The molecule has 1 aromatic rings. The second-order valence-electron chi connectivity index (χ2n) is 5.95. The number of phenolic OH excluding ortho intramolecular Hbond substituents is 1. The van der Waals surface area contributed by atoms with Crippen LogP contribution in [0.3, 0.4) is 0 Å². The van der Waals surface area contributed by atoms with Crippen LogP contribution < -0.4 is 0 Å². The SMILES string of the molecule is CN(C)CC1(O)CCCN(C(=O)c2ccc(F)cc2O)C1. The number of aromatic hydroxyl groups is 1. The lowest BCUT2D eigenvalue weighted by atomic mass is 9.92. The minimum absolute atomic E-state index is 0.0607. The molecular weight excluding hydrogens is 275 g/mol. The number of benzene rings is 1. The lowest BCUT2D eigenvalue weighted by molar-refractivity contribution is -0.0392. The van der Waals surface area contributed by atoms with E-state index in [-0.39, 0.29) is 23.8 Å². The lowest BCUT2D eigenvalue weighted by Gasteiger charge is -2.40. The maximum atomic E-state index is 13.0. The van der Waals surface area contributed by atoms with Crippen molar-refractivity contribution >= 4 is 5.91 Å². The Morgan fingerprint density at radius 2 is 2.19 bits per heavy atom. The monoisotopic (exact) mass is 296 g/mol. The predicted molar refractivity (Wildman–Crippen MR) is 76.7 cm³/mol. The van der Waals surface area contributed by atoms with E-state index in [1.54, 1.807) is 0 Å². The maximum Gasteiger partial charge on any atom is 0.257 e. The Morgan fingerprint density at radius 1 is 1.48 bits per heavy atom. The molecule has 0 saturated carbocycles. The lowest BCUT2D eigenvalue weighted by Crippen LogP contribution is -2.54. The molecule has 1 atom stereocenters. The van der Waals surface area contributed by atoms with Crippen molar-refractivity contribution in [2.24, 2.45) is 0 Å². The molecule has 0 radical (unpaired) electrons. The van der Waals surface area contributed by atoms with Gasteiger partial charge in [0.2, 0.25) is 0 Å². The molecule has 1 heterocycles. The van der Waals surface area contributed by atoms with Crippen LogP contribution in [0.4, 0.5) is 4.39 Å². The number of aliphatic hydroxyl groups is 1. The molecule has 0 aromatic heterocycles. The molecule has 1 aliphatic rings. The molecular formula is C15H21FN2O3. The van der Waals surface area contributed by atoms with Crippen LogP contribution in [0.5, 0.6) is 5.75 Å². The summed E-state index contributed by atoms with van der Waals surface area (Å²) in [5.74, 6) is -1.35. The molecule has 0 aliphatic carbocycles. The fraction of sp³-hybridized carbons (Fsp3) is 0.533. The van der Waals surface area contributed by atoms with Crippen molar-refractivity contribution in [2.45, 2.75) is 18.4 Å². The Hall–Kier alpha value is -1.66. The molecule has 6 heteroatoms. The number of hydrogen-bond donors (Lipinski definition) is 2. The number of likely N-dealkylation sites (N-methyl/N-ethyl adjacent to an activating group) is 1. The minimum atomic E-state index is -0.951. The Labute approximate surface area is 123 Å². The fourth-order valence-corrected chi connectivity index (χ4v) is 2.86. The van der Waals surface area contributed by atoms with Gasteiger partial charge in [0, 0.05) is 19.2 Å². The van der Waals surface area contributed by atoms with Crippen LogP contribution in [-0.4, -0.2) is 65.3 Å². The first-order valence-electron chi connectivity index (χ1n) is 6.96. The van der Waals surface area contributed by atoms with Gasteiger partial charge in [-0.05, 0) is 39.1 Å². The van der Waals surface area contributed by atoms with E-state index < -0.39 is 11.4 Å². The van der Waals surface area contributed by atoms with Crippen LogP contribution >= 0.6 is 0 Å². The number of halogens is 1. The van der Waals surface area contributed by atoms with Crippen molar-refractivity contribution in [3.8, 4) is 5.75 Å². The van der Waals surface area contributed by atoms with E-state index in [0.29, 0.717) is 25.9 Å². The Morgan fingerprint density at radius 3 is 2.81 bits per heavy atom. The summed E-state index contributed by atoms with van der Waals surface area (Å²) in [6, 6.07) is 3.33. The number of nitrogens with zero attached hydrogens (tertiary/aromatic N) is 2. The van der Waals surface area contributed by atoms with E-state index in [4.69, 9.17) is 0 Å². The average molecular weight is 296 g/mol. The van der Waals surface area contributed by atoms with Gasteiger partial charge in [0.1, 0.15) is 11.6 Å². The molecule has 21 heavy (non-hydrogen) atoms. The molecule has 1 saturated heterocycles. The van der Waals surface area contributed by atoms with Crippen molar-refractivity contribution < 1.29 is 19.4 Å². The van der Waals surface area contributed by atoms with Gasteiger partial charge in [-0.3, -0.25) is 4.79 Å². The van der Waals surface area contributed by atoms with Crippen LogP contribution in [0.2, 0.25) is 0 Å². The number of carbonyl (C=O) groups excluding carboxylic acids is 1. The molecule has 1 aliphatic heterocycles. The highest BCUT2D eigenvalue weighted by Gasteiger charge is 2.36. The summed E-state index contributed by atoms with van der Waals surface area (Å²) in [5, 5.41) is 20.3. The molecule has 2 N–H and O–H groups in total. The summed E-state index contributed by atoms with van der Waals surface area (Å²) in [6.07, 6.45) is 1.32. The van der Waals surface area contributed by atoms with Crippen LogP contribution in [0.25, 0.3) is 0 Å². The Bertz CT molecular complexity index is 536. The smallest absolute Gasteiger partial charge is 0.257 e. The quantitative estimate of drug-likeness (QED) is 0.875. The first kappa shape index (κ1) is 15.7. The summed E-state index contributed by atoms with van der Waals surface area (Å²) >= 11 is 0. The van der Waals surface area contributed by atoms with E-state index in [1.165, 1.54) is 11.0 Å².